The molecule has 2 heterocycles. The van der Waals surface area contributed by atoms with Crippen molar-refractivity contribution in [3.8, 4) is 0 Å². The Morgan fingerprint density at radius 1 is 0.456 bits per heavy atom. The number of ether oxygens (including phenoxy) is 4. The lowest BCUT2D eigenvalue weighted by Gasteiger charge is -2.46. The summed E-state index contributed by atoms with van der Waals surface area (Å²) in [5, 5.41) is 87.1. The Hall–Kier alpha value is -2.57. The summed E-state index contributed by atoms with van der Waals surface area (Å²) in [6.45, 7) is 2.75. The second kappa shape index (κ2) is 50.0. The number of aliphatic hydroxyl groups is 8. The molecule has 2 fully saturated rings. The fraction of sp³-hybridized carbons (Fsp3) is 0.800. The molecular formula is C65H115NO13. The van der Waals surface area contributed by atoms with Gasteiger partial charge in [-0.3, -0.25) is 4.79 Å². The van der Waals surface area contributed by atoms with Crippen LogP contribution in [0.5, 0.6) is 0 Å². The Labute approximate surface area is 478 Å². The SMILES string of the molecule is CCCCCCC/C=C\C/C=C\C/C=C\CCCCCCCCCCCCCCCCC(=O)NC(COC1OC(CO)C(OC2OC(CO)C(O)C(O)C2O)C(O)C1O)C(O)/C=C/CC/C=C/CC/C=C/CCCCCCCC. The van der Waals surface area contributed by atoms with Gasteiger partial charge in [0.1, 0.15) is 48.8 Å². The number of hydrogen-bond acceptors (Lipinski definition) is 13. The zero-order valence-corrected chi connectivity index (χ0v) is 49.3. The molecule has 12 unspecified atom stereocenters. The molecule has 0 radical (unpaired) electrons. The molecule has 79 heavy (non-hydrogen) atoms. The molecule has 0 aromatic rings. The average Bonchev–Trinajstić information content (AvgIpc) is 3.48. The molecule has 0 bridgehead atoms. The number of unbranched alkanes of at least 4 members (excludes halogenated alkanes) is 27. The number of carbonyl (C=O) groups excluding carboxylic acids is 1. The van der Waals surface area contributed by atoms with Crippen molar-refractivity contribution in [3.63, 3.8) is 0 Å². The Morgan fingerprint density at radius 2 is 0.848 bits per heavy atom. The highest BCUT2D eigenvalue weighted by atomic mass is 16.7. The van der Waals surface area contributed by atoms with E-state index in [1.165, 1.54) is 148 Å². The van der Waals surface area contributed by atoms with Gasteiger partial charge in [0.05, 0.1) is 32.0 Å². The van der Waals surface area contributed by atoms with Gasteiger partial charge in [0.15, 0.2) is 12.6 Å². The fourth-order valence-electron chi connectivity index (χ4n) is 9.98. The highest BCUT2D eigenvalue weighted by Gasteiger charge is 2.51. The topological polar surface area (TPSA) is 228 Å². The number of allylic oxidation sites excluding steroid dienone is 11. The summed E-state index contributed by atoms with van der Waals surface area (Å²) < 4.78 is 22.8. The smallest absolute Gasteiger partial charge is 0.220 e. The van der Waals surface area contributed by atoms with E-state index in [1.807, 2.05) is 6.08 Å². The van der Waals surface area contributed by atoms with Crippen LogP contribution in [0.15, 0.2) is 72.9 Å². The number of rotatable bonds is 50. The normalized spacial score (nSPS) is 24.9. The number of carbonyl (C=O) groups is 1. The van der Waals surface area contributed by atoms with Crippen molar-refractivity contribution in [1.29, 1.82) is 0 Å². The predicted octanol–water partition coefficient (Wildman–Crippen LogP) is 11.5. The van der Waals surface area contributed by atoms with Gasteiger partial charge < -0.3 is 65.1 Å². The first-order valence-electron chi connectivity index (χ1n) is 31.7. The summed E-state index contributed by atoms with van der Waals surface area (Å²) >= 11 is 0. The van der Waals surface area contributed by atoms with Gasteiger partial charge in [-0.2, -0.15) is 0 Å². The van der Waals surface area contributed by atoms with E-state index in [9.17, 15) is 45.6 Å². The van der Waals surface area contributed by atoms with E-state index in [2.05, 4.69) is 79.9 Å². The molecule has 0 saturated carbocycles. The monoisotopic (exact) mass is 1120 g/mol. The van der Waals surface area contributed by atoms with E-state index < -0.39 is 86.8 Å². The third kappa shape index (κ3) is 35.2. The summed E-state index contributed by atoms with van der Waals surface area (Å²) in [5.41, 5.74) is 0. The second-order valence-corrected chi connectivity index (χ2v) is 22.2. The molecule has 2 saturated heterocycles. The molecule has 9 N–H and O–H groups in total. The molecule has 1 amide bonds. The zero-order valence-electron chi connectivity index (χ0n) is 49.3. The molecule has 14 heteroatoms. The summed E-state index contributed by atoms with van der Waals surface area (Å²) in [5.74, 6) is -0.255. The third-order valence-corrected chi connectivity index (χ3v) is 15.1. The average molecular weight is 1120 g/mol. The minimum atomic E-state index is -1.79. The minimum absolute atomic E-state index is 0.255. The van der Waals surface area contributed by atoms with E-state index in [0.29, 0.717) is 12.8 Å². The van der Waals surface area contributed by atoms with Gasteiger partial charge in [-0.15, -0.1) is 0 Å². The van der Waals surface area contributed by atoms with Crippen LogP contribution in [-0.4, -0.2) is 140 Å². The molecule has 458 valence electrons. The van der Waals surface area contributed by atoms with Crippen LogP contribution in [0.1, 0.15) is 239 Å². The van der Waals surface area contributed by atoms with Crippen LogP contribution in [0, 0.1) is 0 Å². The zero-order chi connectivity index (χ0) is 57.4. The summed E-state index contributed by atoms with van der Waals surface area (Å²) in [6.07, 6.45) is 49.5. The van der Waals surface area contributed by atoms with Crippen LogP contribution < -0.4 is 5.32 Å². The van der Waals surface area contributed by atoms with Crippen molar-refractivity contribution >= 4 is 5.91 Å². The van der Waals surface area contributed by atoms with Gasteiger partial charge in [0.25, 0.3) is 0 Å². The van der Waals surface area contributed by atoms with Crippen molar-refractivity contribution < 1.29 is 64.6 Å². The van der Waals surface area contributed by atoms with Crippen LogP contribution in [0.2, 0.25) is 0 Å². The molecule has 12 atom stereocenters. The van der Waals surface area contributed by atoms with E-state index in [-0.39, 0.29) is 18.9 Å². The maximum Gasteiger partial charge on any atom is 0.220 e. The van der Waals surface area contributed by atoms with E-state index >= 15 is 0 Å². The van der Waals surface area contributed by atoms with Crippen molar-refractivity contribution in [3.05, 3.63) is 72.9 Å². The first-order chi connectivity index (χ1) is 38.6. The predicted molar refractivity (Wildman–Crippen MR) is 318 cm³/mol. The maximum absolute atomic E-state index is 13.3. The van der Waals surface area contributed by atoms with Crippen LogP contribution in [0.25, 0.3) is 0 Å². The van der Waals surface area contributed by atoms with Crippen LogP contribution >= 0.6 is 0 Å². The minimum Gasteiger partial charge on any atom is -0.394 e. The van der Waals surface area contributed by atoms with Gasteiger partial charge in [0.2, 0.25) is 5.91 Å². The molecule has 0 aromatic heterocycles. The summed E-state index contributed by atoms with van der Waals surface area (Å²) in [6, 6.07) is -0.941. The van der Waals surface area contributed by atoms with Crippen molar-refractivity contribution in [2.24, 2.45) is 0 Å². The number of aliphatic hydroxyl groups excluding tert-OH is 8. The van der Waals surface area contributed by atoms with Gasteiger partial charge in [0, 0.05) is 6.42 Å². The standard InChI is InChI=1S/C65H115NO13/c1-3-5-7-9-11-13-15-17-19-21-22-23-24-25-26-27-28-29-30-31-32-33-35-37-39-41-43-45-47-49-57(70)66-53(54(69)48-46-44-42-40-38-36-34-20-18-16-14-12-10-8-6-4-2)52-76-64-62(75)60(73)63(56(51-68)78-64)79-65-61(74)59(72)58(71)55(50-67)77-65/h15,17-18,20-22,24-25,38,40,46,48,53-56,58-65,67-69,71-75H,3-14,16,19,23,26-37,39,41-45,47,49-52H2,1-2H3,(H,66,70)/b17-15-,20-18+,22-21-,25-24-,40-38+,48-46+. The largest absolute Gasteiger partial charge is 0.394 e. The highest BCUT2D eigenvalue weighted by Crippen LogP contribution is 2.30. The van der Waals surface area contributed by atoms with Gasteiger partial charge in [-0.05, 0) is 83.5 Å². The van der Waals surface area contributed by atoms with Gasteiger partial charge in [-0.25, -0.2) is 0 Å². The Kier molecular flexibility index (Phi) is 45.9. The quantitative estimate of drug-likeness (QED) is 0.0204. The third-order valence-electron chi connectivity index (χ3n) is 15.1. The highest BCUT2D eigenvalue weighted by molar-refractivity contribution is 5.76. The Balaban J connectivity index is 1.71. The fourth-order valence-corrected chi connectivity index (χ4v) is 9.98. The Bertz CT molecular complexity index is 1600. The van der Waals surface area contributed by atoms with Crippen LogP contribution in [-0.2, 0) is 23.7 Å². The molecule has 0 aliphatic carbocycles. The van der Waals surface area contributed by atoms with Gasteiger partial charge >= 0.3 is 0 Å². The van der Waals surface area contributed by atoms with Crippen LogP contribution in [0.3, 0.4) is 0 Å². The molecule has 14 nitrogen and oxygen atoms in total. The molecular weight excluding hydrogens is 1000 g/mol. The molecule has 2 aliphatic rings. The number of amides is 1. The van der Waals surface area contributed by atoms with Crippen molar-refractivity contribution in [2.75, 3.05) is 19.8 Å². The van der Waals surface area contributed by atoms with E-state index in [1.54, 1.807) is 6.08 Å². The van der Waals surface area contributed by atoms with Crippen LogP contribution in [0.4, 0.5) is 0 Å². The molecule has 0 aromatic carbocycles. The summed E-state index contributed by atoms with van der Waals surface area (Å²) in [4.78, 5) is 13.3. The first kappa shape index (κ1) is 72.5. The lowest BCUT2D eigenvalue weighted by atomic mass is 9.97. The van der Waals surface area contributed by atoms with E-state index in [4.69, 9.17) is 18.9 Å². The molecule has 2 rings (SSSR count). The number of hydrogen-bond donors (Lipinski definition) is 9. The first-order valence-corrected chi connectivity index (χ1v) is 31.7. The molecule has 2 aliphatic heterocycles. The van der Waals surface area contributed by atoms with Crippen molar-refractivity contribution in [2.45, 2.75) is 312 Å². The van der Waals surface area contributed by atoms with Gasteiger partial charge in [-0.1, -0.05) is 222 Å². The maximum atomic E-state index is 13.3. The lowest BCUT2D eigenvalue weighted by Crippen LogP contribution is -2.65. The van der Waals surface area contributed by atoms with E-state index in [0.717, 1.165) is 57.8 Å². The van der Waals surface area contributed by atoms with Crippen molar-refractivity contribution in [1.82, 2.24) is 5.32 Å². The Morgan fingerprint density at radius 3 is 1.33 bits per heavy atom. The molecule has 0 spiro atoms. The number of nitrogens with one attached hydrogen (secondary N) is 1. The summed E-state index contributed by atoms with van der Waals surface area (Å²) in [7, 11) is 0. The second-order valence-electron chi connectivity index (χ2n) is 22.2. The lowest BCUT2D eigenvalue weighted by molar-refractivity contribution is -0.359.